The van der Waals surface area contributed by atoms with Crippen LogP contribution in [0.5, 0.6) is 0 Å². The molecule has 1 saturated carbocycles. The third kappa shape index (κ3) is 5.32. The molecule has 2 N–H and O–H groups in total. The van der Waals surface area contributed by atoms with Crippen LogP contribution in [0.15, 0.2) is 34.9 Å². The van der Waals surface area contributed by atoms with Gasteiger partial charge in [-0.3, -0.25) is 0 Å². The van der Waals surface area contributed by atoms with Gasteiger partial charge in [0.25, 0.3) is 0 Å². The van der Waals surface area contributed by atoms with Gasteiger partial charge in [-0.05, 0) is 51.0 Å². The van der Waals surface area contributed by atoms with Crippen LogP contribution in [0.2, 0.25) is 0 Å². The van der Waals surface area contributed by atoms with E-state index in [2.05, 4.69) is 39.2 Å². The Morgan fingerprint density at radius 2 is 1.79 bits per heavy atom. The number of nitrogens with zero attached hydrogens (tertiary/aromatic N) is 2. The smallest absolute Gasteiger partial charge is 0.321 e. The van der Waals surface area contributed by atoms with Crippen LogP contribution in [0.3, 0.4) is 0 Å². The number of nitrogens with one attached hydrogen (secondary N) is 2. The predicted molar refractivity (Wildman–Crippen MR) is 110 cm³/mol. The van der Waals surface area contributed by atoms with Crippen LogP contribution in [0, 0.1) is 5.92 Å². The van der Waals surface area contributed by atoms with E-state index in [4.69, 9.17) is 4.52 Å². The molecule has 1 fully saturated rings. The van der Waals surface area contributed by atoms with Gasteiger partial charge in [-0.1, -0.05) is 42.4 Å². The molecule has 3 rings (SSSR count). The van der Waals surface area contributed by atoms with Crippen molar-refractivity contribution in [3.63, 3.8) is 0 Å². The largest absolute Gasteiger partial charge is 0.335 e. The highest BCUT2D eigenvalue weighted by Gasteiger charge is 2.25. The van der Waals surface area contributed by atoms with Crippen molar-refractivity contribution in [3.05, 3.63) is 41.7 Å². The monoisotopic (exact) mass is 406 g/mol. The summed E-state index contributed by atoms with van der Waals surface area (Å²) in [4.78, 5) is 4.51. The molecule has 0 radical (unpaired) electrons. The number of sulfonamides is 1. The maximum Gasteiger partial charge on any atom is 0.321 e. The first-order chi connectivity index (χ1) is 13.3. The molecule has 1 aromatic carbocycles. The van der Waals surface area contributed by atoms with E-state index < -0.39 is 15.3 Å². The maximum absolute atomic E-state index is 11.9. The molecule has 154 valence electrons. The van der Waals surface area contributed by atoms with Gasteiger partial charge < -0.3 is 9.84 Å². The standard InChI is InChI=1S/C20H30N4O3S/c1-14(2)28(25,26)21-13-16-9-11-18(12-10-16)22-20-23-19(24-27-20)15(3)17-7-5-4-6-8-17/h4-8,14-16,18,21H,9-13H2,1-3H3,(H,22,23,24). The molecule has 1 aliphatic carbocycles. The van der Waals surface area contributed by atoms with Gasteiger partial charge in [0.1, 0.15) is 0 Å². The number of anilines is 1. The van der Waals surface area contributed by atoms with Crippen molar-refractivity contribution in [2.45, 2.75) is 63.7 Å². The Kier molecular flexibility index (Phi) is 6.72. The van der Waals surface area contributed by atoms with E-state index in [9.17, 15) is 8.42 Å². The van der Waals surface area contributed by atoms with Gasteiger partial charge >= 0.3 is 6.01 Å². The van der Waals surface area contributed by atoms with E-state index in [0.717, 1.165) is 31.2 Å². The third-order valence-corrected chi connectivity index (χ3v) is 7.31. The average molecular weight is 407 g/mol. The quantitative estimate of drug-likeness (QED) is 0.696. The second kappa shape index (κ2) is 9.05. The van der Waals surface area contributed by atoms with Gasteiger partial charge in [-0.2, -0.15) is 4.98 Å². The molecular weight excluding hydrogens is 376 g/mol. The maximum atomic E-state index is 11.9. The molecule has 28 heavy (non-hydrogen) atoms. The normalized spacial score (nSPS) is 21.6. The van der Waals surface area contributed by atoms with Crippen LogP contribution in [0.1, 0.15) is 63.8 Å². The lowest BCUT2D eigenvalue weighted by molar-refractivity contribution is 0.329. The van der Waals surface area contributed by atoms with E-state index in [1.807, 2.05) is 18.2 Å². The fourth-order valence-corrected chi connectivity index (χ4v) is 4.25. The van der Waals surface area contributed by atoms with Gasteiger partial charge in [0.15, 0.2) is 5.82 Å². The van der Waals surface area contributed by atoms with Crippen LogP contribution in [-0.4, -0.2) is 36.4 Å². The Bertz CT molecular complexity index is 843. The van der Waals surface area contributed by atoms with Gasteiger partial charge in [-0.25, -0.2) is 13.1 Å². The third-order valence-electron chi connectivity index (χ3n) is 5.50. The minimum absolute atomic E-state index is 0.0743. The zero-order valence-corrected chi connectivity index (χ0v) is 17.6. The number of hydrogen-bond acceptors (Lipinski definition) is 6. The number of benzene rings is 1. The Morgan fingerprint density at radius 3 is 2.43 bits per heavy atom. The van der Waals surface area contributed by atoms with Crippen LogP contribution < -0.4 is 10.0 Å². The Hall–Kier alpha value is -1.93. The predicted octanol–water partition coefficient (Wildman–Crippen LogP) is 3.52. The van der Waals surface area contributed by atoms with Gasteiger partial charge in [-0.15, -0.1) is 0 Å². The minimum Gasteiger partial charge on any atom is -0.335 e. The zero-order valence-electron chi connectivity index (χ0n) is 16.8. The molecule has 1 aromatic heterocycles. The first-order valence-electron chi connectivity index (χ1n) is 9.98. The van der Waals surface area contributed by atoms with Crippen LogP contribution in [0.25, 0.3) is 0 Å². The molecule has 0 bridgehead atoms. The van der Waals surface area contributed by atoms with E-state index in [0.29, 0.717) is 24.3 Å². The fraction of sp³-hybridized carbons (Fsp3) is 0.600. The summed E-state index contributed by atoms with van der Waals surface area (Å²) in [5.74, 6) is 1.12. The summed E-state index contributed by atoms with van der Waals surface area (Å²) in [5, 5.41) is 7.07. The molecule has 0 saturated heterocycles. The summed E-state index contributed by atoms with van der Waals surface area (Å²) < 4.78 is 31.9. The summed E-state index contributed by atoms with van der Waals surface area (Å²) in [7, 11) is -3.19. The molecule has 8 heteroatoms. The molecule has 1 unspecified atom stereocenters. The highest BCUT2D eigenvalue weighted by atomic mass is 32.2. The lowest BCUT2D eigenvalue weighted by Gasteiger charge is -2.28. The molecule has 0 aliphatic heterocycles. The second-order valence-corrected chi connectivity index (χ2v) is 10.2. The van der Waals surface area contributed by atoms with Crippen molar-refractivity contribution in [2.75, 3.05) is 11.9 Å². The van der Waals surface area contributed by atoms with Crippen molar-refractivity contribution in [1.82, 2.24) is 14.9 Å². The van der Waals surface area contributed by atoms with E-state index in [1.54, 1.807) is 13.8 Å². The first-order valence-corrected chi connectivity index (χ1v) is 11.5. The molecule has 0 amide bonds. The summed E-state index contributed by atoms with van der Waals surface area (Å²) in [6.45, 7) is 5.97. The topological polar surface area (TPSA) is 97.1 Å². The highest BCUT2D eigenvalue weighted by Crippen LogP contribution is 2.27. The number of rotatable bonds is 8. The summed E-state index contributed by atoms with van der Waals surface area (Å²) in [6.07, 6.45) is 3.86. The van der Waals surface area contributed by atoms with Crippen molar-refractivity contribution in [2.24, 2.45) is 5.92 Å². The van der Waals surface area contributed by atoms with Crippen LogP contribution >= 0.6 is 0 Å². The zero-order chi connectivity index (χ0) is 20.1. The van der Waals surface area contributed by atoms with E-state index >= 15 is 0 Å². The molecule has 1 heterocycles. The fourth-order valence-electron chi connectivity index (χ4n) is 3.45. The average Bonchev–Trinajstić information content (AvgIpc) is 3.16. The second-order valence-electron chi connectivity index (χ2n) is 7.89. The Labute approximate surface area is 167 Å². The van der Waals surface area contributed by atoms with Gasteiger partial charge in [0, 0.05) is 18.5 Å². The first kappa shape index (κ1) is 20.8. The lowest BCUT2D eigenvalue weighted by Crippen LogP contribution is -2.37. The number of hydrogen-bond donors (Lipinski definition) is 2. The summed E-state index contributed by atoms with van der Waals surface area (Å²) in [5.41, 5.74) is 1.15. The molecule has 2 aromatic rings. The van der Waals surface area contributed by atoms with E-state index in [1.165, 1.54) is 0 Å². The van der Waals surface area contributed by atoms with Crippen molar-refractivity contribution in [3.8, 4) is 0 Å². The Balaban J connectivity index is 1.47. The highest BCUT2D eigenvalue weighted by molar-refractivity contribution is 7.90. The van der Waals surface area contributed by atoms with Crippen LogP contribution in [-0.2, 0) is 10.0 Å². The number of aromatic nitrogens is 2. The lowest BCUT2D eigenvalue weighted by atomic mass is 9.86. The molecule has 1 atom stereocenters. The molecule has 1 aliphatic rings. The van der Waals surface area contributed by atoms with Crippen molar-refractivity contribution >= 4 is 16.0 Å². The van der Waals surface area contributed by atoms with Gasteiger partial charge in [0.05, 0.1) is 5.25 Å². The van der Waals surface area contributed by atoms with Crippen LogP contribution in [0.4, 0.5) is 6.01 Å². The summed E-state index contributed by atoms with van der Waals surface area (Å²) >= 11 is 0. The minimum atomic E-state index is -3.19. The van der Waals surface area contributed by atoms with Crippen molar-refractivity contribution < 1.29 is 12.9 Å². The molecular formula is C20H30N4O3S. The molecule has 7 nitrogen and oxygen atoms in total. The molecule has 0 spiro atoms. The van der Waals surface area contributed by atoms with Gasteiger partial charge in [0.2, 0.25) is 10.0 Å². The SMILES string of the molecule is CC(c1ccccc1)c1noc(NC2CCC(CNS(=O)(=O)C(C)C)CC2)n1. The Morgan fingerprint density at radius 1 is 1.11 bits per heavy atom. The van der Waals surface area contributed by atoms with Crippen molar-refractivity contribution in [1.29, 1.82) is 0 Å². The van der Waals surface area contributed by atoms with E-state index in [-0.39, 0.29) is 12.0 Å². The summed E-state index contributed by atoms with van der Waals surface area (Å²) in [6, 6.07) is 10.9.